The van der Waals surface area contributed by atoms with Gasteiger partial charge in [-0.3, -0.25) is 4.57 Å². The predicted octanol–water partition coefficient (Wildman–Crippen LogP) is 12.7. The number of fused-ring (bicyclic) bond motifs is 14. The Labute approximate surface area is 363 Å². The molecule has 296 valence electrons. The second-order valence-electron chi connectivity index (χ2n) is 17.9. The summed E-state index contributed by atoms with van der Waals surface area (Å²) in [4.78, 5) is 5.49. The Balaban J connectivity index is 1.18. The monoisotopic (exact) mass is 805 g/mol. The van der Waals surface area contributed by atoms with Gasteiger partial charge < -0.3 is 13.6 Å². The van der Waals surface area contributed by atoms with Crippen molar-refractivity contribution in [2.75, 3.05) is 0 Å². The van der Waals surface area contributed by atoms with E-state index in [0.29, 0.717) is 0 Å². The number of nitrogens with zero attached hydrogens (tertiary/aromatic N) is 5. The van der Waals surface area contributed by atoms with Crippen LogP contribution in [0.3, 0.4) is 0 Å². The Morgan fingerprint density at radius 1 is 0.381 bits per heavy atom. The third-order valence-electron chi connectivity index (χ3n) is 14.1. The Bertz CT molecular complexity index is 3980. The smallest absolute Gasteiger partial charge is 0.332 e. The van der Waals surface area contributed by atoms with Gasteiger partial charge >= 0.3 is 6.85 Å². The van der Waals surface area contributed by atoms with Crippen molar-refractivity contribution in [2.45, 2.75) is 27.7 Å². The first-order valence-electron chi connectivity index (χ1n) is 22.0. The van der Waals surface area contributed by atoms with Crippen LogP contribution in [0.2, 0.25) is 0 Å². The fourth-order valence-electron chi connectivity index (χ4n) is 11.8. The SMILES string of the molecule is Cc1cc(C)c2c(c1)c1cc(C)cc(C)c1n2B1c2ccccc2-n2c3ncc(-n4c5ccccc5c5ccccc54)cc3c3cc(-n4c5ccccc5c5ccccc54)cc1c32. The molecule has 0 fully saturated rings. The van der Waals surface area contributed by atoms with Crippen molar-refractivity contribution in [3.05, 3.63) is 192 Å². The summed E-state index contributed by atoms with van der Waals surface area (Å²) in [5.74, 6) is 0. The summed E-state index contributed by atoms with van der Waals surface area (Å²) in [6, 6.07) is 61.1. The van der Waals surface area contributed by atoms with Gasteiger partial charge in [0.1, 0.15) is 5.65 Å². The van der Waals surface area contributed by atoms with E-state index in [1.54, 1.807) is 0 Å². The molecule has 0 N–H and O–H groups in total. The number of benzene rings is 8. The molecular formula is C57H40BN5. The third kappa shape index (κ3) is 4.54. The summed E-state index contributed by atoms with van der Waals surface area (Å²) in [5.41, 5.74) is 20.5. The lowest BCUT2D eigenvalue weighted by Crippen LogP contribution is -2.53. The van der Waals surface area contributed by atoms with Crippen LogP contribution in [-0.4, -0.2) is 30.0 Å². The molecule has 5 aromatic heterocycles. The topological polar surface area (TPSA) is 32.6 Å². The maximum Gasteiger partial charge on any atom is 0.332 e. The molecule has 0 bridgehead atoms. The minimum absolute atomic E-state index is 0.131. The van der Waals surface area contributed by atoms with Crippen molar-refractivity contribution < 1.29 is 0 Å². The molecular weight excluding hydrogens is 765 g/mol. The van der Waals surface area contributed by atoms with E-state index in [1.807, 2.05) is 0 Å². The van der Waals surface area contributed by atoms with Gasteiger partial charge in [0, 0.05) is 65.5 Å². The Hall–Kier alpha value is -7.83. The van der Waals surface area contributed by atoms with Gasteiger partial charge in [0.15, 0.2) is 0 Å². The first kappa shape index (κ1) is 34.8. The van der Waals surface area contributed by atoms with E-state index < -0.39 is 0 Å². The summed E-state index contributed by atoms with van der Waals surface area (Å²) in [6.45, 7) is 8.91. The molecule has 6 heteroatoms. The molecule has 0 saturated heterocycles. The van der Waals surface area contributed by atoms with Gasteiger partial charge in [0.05, 0.1) is 39.5 Å². The maximum absolute atomic E-state index is 5.49. The standard InChI is InChI=1S/C57H40BN5/c1-33-25-35(3)54-43(27-33)44-28-34(2)26-36(4)55(44)63(54)58-47-19-9-14-24-53(47)62-56-45(29-37(31-48(56)58)60-49-20-10-5-15-39(49)40-16-6-11-21-50(40)60)46-30-38(32-59-57(46)62)61-51-22-12-7-17-41(51)42-18-8-13-23-52(42)61/h5-32H,1-4H3. The van der Waals surface area contributed by atoms with Crippen molar-refractivity contribution in [1.29, 1.82) is 0 Å². The largest absolute Gasteiger partial charge is 0.375 e. The highest BCUT2D eigenvalue weighted by Gasteiger charge is 2.38. The van der Waals surface area contributed by atoms with Crippen LogP contribution in [0.25, 0.3) is 104 Å². The molecule has 14 rings (SSSR count). The normalized spacial score (nSPS) is 12.7. The van der Waals surface area contributed by atoms with E-state index >= 15 is 0 Å². The lowest BCUT2D eigenvalue weighted by molar-refractivity contribution is 1.11. The Morgan fingerprint density at radius 3 is 1.40 bits per heavy atom. The molecule has 0 aliphatic carbocycles. The zero-order valence-corrected chi connectivity index (χ0v) is 35.5. The highest BCUT2D eigenvalue weighted by atomic mass is 15.1. The Kier molecular flexibility index (Phi) is 6.85. The molecule has 0 spiro atoms. The average Bonchev–Trinajstić information content (AvgIpc) is 4.02. The summed E-state index contributed by atoms with van der Waals surface area (Å²) in [7, 11) is 0. The van der Waals surface area contributed by atoms with E-state index in [1.165, 1.54) is 115 Å². The second-order valence-corrected chi connectivity index (χ2v) is 17.9. The van der Waals surface area contributed by atoms with Crippen molar-refractivity contribution >= 4 is 105 Å². The van der Waals surface area contributed by atoms with E-state index in [-0.39, 0.29) is 6.85 Å². The van der Waals surface area contributed by atoms with E-state index in [4.69, 9.17) is 4.98 Å². The fraction of sp³-hybridized carbons (Fsp3) is 0.0702. The van der Waals surface area contributed by atoms with Gasteiger partial charge in [-0.2, -0.15) is 0 Å². The molecule has 1 aliphatic rings. The third-order valence-corrected chi connectivity index (χ3v) is 14.1. The quantitative estimate of drug-likeness (QED) is 0.164. The van der Waals surface area contributed by atoms with E-state index in [2.05, 4.69) is 216 Å². The van der Waals surface area contributed by atoms with Crippen LogP contribution in [0, 0.1) is 27.7 Å². The number of rotatable bonds is 3. The lowest BCUT2D eigenvalue weighted by atomic mass is 9.48. The molecule has 0 unspecified atom stereocenters. The molecule has 8 aromatic carbocycles. The molecule has 6 heterocycles. The zero-order valence-electron chi connectivity index (χ0n) is 35.5. The van der Waals surface area contributed by atoms with Gasteiger partial charge in [-0.15, -0.1) is 0 Å². The first-order chi connectivity index (χ1) is 30.9. The van der Waals surface area contributed by atoms with Crippen LogP contribution in [0.5, 0.6) is 0 Å². The van der Waals surface area contributed by atoms with Crippen molar-refractivity contribution in [3.8, 4) is 17.1 Å². The molecule has 0 amide bonds. The van der Waals surface area contributed by atoms with Gasteiger partial charge in [-0.05, 0) is 110 Å². The molecule has 1 aliphatic heterocycles. The van der Waals surface area contributed by atoms with Gasteiger partial charge in [0.2, 0.25) is 0 Å². The summed E-state index contributed by atoms with van der Waals surface area (Å²) >= 11 is 0. The van der Waals surface area contributed by atoms with Crippen LogP contribution >= 0.6 is 0 Å². The molecule has 13 aromatic rings. The second kappa shape index (κ2) is 12.4. The summed E-state index contributed by atoms with van der Waals surface area (Å²) in [6.07, 6.45) is 2.08. The van der Waals surface area contributed by atoms with Gasteiger partial charge in [-0.25, -0.2) is 4.98 Å². The molecule has 0 radical (unpaired) electrons. The van der Waals surface area contributed by atoms with Crippen molar-refractivity contribution in [1.82, 2.24) is 23.2 Å². The van der Waals surface area contributed by atoms with Crippen LogP contribution in [0.1, 0.15) is 22.3 Å². The van der Waals surface area contributed by atoms with Crippen molar-refractivity contribution in [3.63, 3.8) is 0 Å². The molecule has 0 saturated carbocycles. The summed E-state index contributed by atoms with van der Waals surface area (Å²) in [5, 5.41) is 9.92. The maximum atomic E-state index is 5.49. The zero-order chi connectivity index (χ0) is 41.8. The highest BCUT2D eigenvalue weighted by Crippen LogP contribution is 2.41. The first-order valence-corrected chi connectivity index (χ1v) is 22.0. The molecule has 63 heavy (non-hydrogen) atoms. The minimum atomic E-state index is -0.131. The lowest BCUT2D eigenvalue weighted by Gasteiger charge is -2.29. The number of aryl methyl sites for hydroxylation is 4. The van der Waals surface area contributed by atoms with Crippen LogP contribution in [0.4, 0.5) is 0 Å². The minimum Gasteiger partial charge on any atom is -0.375 e. The highest BCUT2D eigenvalue weighted by molar-refractivity contribution is 6.88. The number of hydrogen-bond donors (Lipinski definition) is 0. The fourth-order valence-corrected chi connectivity index (χ4v) is 11.8. The number of aromatic nitrogens is 5. The van der Waals surface area contributed by atoms with Crippen LogP contribution in [0.15, 0.2) is 170 Å². The predicted molar refractivity (Wildman–Crippen MR) is 266 cm³/mol. The average molecular weight is 806 g/mol. The van der Waals surface area contributed by atoms with Gasteiger partial charge in [-0.1, -0.05) is 114 Å². The van der Waals surface area contributed by atoms with E-state index in [9.17, 15) is 0 Å². The van der Waals surface area contributed by atoms with Gasteiger partial charge in [0.25, 0.3) is 0 Å². The number of pyridine rings is 1. The van der Waals surface area contributed by atoms with Crippen LogP contribution in [-0.2, 0) is 0 Å². The van der Waals surface area contributed by atoms with E-state index in [0.717, 1.165) is 22.4 Å². The summed E-state index contributed by atoms with van der Waals surface area (Å²) < 4.78 is 10.0. The Morgan fingerprint density at radius 2 is 0.841 bits per heavy atom. The van der Waals surface area contributed by atoms with Crippen LogP contribution < -0.4 is 10.9 Å². The number of hydrogen-bond acceptors (Lipinski definition) is 1. The van der Waals surface area contributed by atoms with Crippen molar-refractivity contribution in [2.24, 2.45) is 0 Å². The number of para-hydroxylation sites is 5. The molecule has 0 atom stereocenters. The molecule has 5 nitrogen and oxygen atoms in total.